The van der Waals surface area contributed by atoms with Gasteiger partial charge in [0.2, 0.25) is 5.91 Å². The molecule has 0 radical (unpaired) electrons. The molecule has 0 saturated carbocycles. The van der Waals surface area contributed by atoms with Gasteiger partial charge in [-0.3, -0.25) is 4.79 Å². The molecule has 3 rings (SSSR count). The Hall–Kier alpha value is -2.70. The number of hydrogen-bond donors (Lipinski definition) is 2. The normalized spacial score (nSPS) is 13.6. The summed E-state index contributed by atoms with van der Waals surface area (Å²) in [5.41, 5.74) is 0.948. The van der Waals surface area contributed by atoms with Gasteiger partial charge in [-0.15, -0.1) is 10.2 Å². The molecular formula is C20H26N4O3. The Morgan fingerprint density at radius 1 is 1.11 bits per heavy atom. The van der Waals surface area contributed by atoms with E-state index in [2.05, 4.69) is 20.1 Å². The Morgan fingerprint density at radius 2 is 1.96 bits per heavy atom. The minimum atomic E-state index is -0.960. The van der Waals surface area contributed by atoms with Crippen LogP contribution in [0, 0.1) is 0 Å². The van der Waals surface area contributed by atoms with Crippen LogP contribution in [0.25, 0.3) is 0 Å². The van der Waals surface area contributed by atoms with Crippen molar-refractivity contribution in [1.82, 2.24) is 20.1 Å². The molecule has 2 heterocycles. The molecule has 27 heavy (non-hydrogen) atoms. The molecule has 2 aromatic rings. The maximum atomic E-state index is 12.0. The number of nitrogens with one attached hydrogen (secondary N) is 1. The number of amides is 1. The van der Waals surface area contributed by atoms with Crippen LogP contribution in [0.1, 0.15) is 59.7 Å². The molecule has 0 spiro atoms. The van der Waals surface area contributed by atoms with Gasteiger partial charge in [-0.1, -0.05) is 24.6 Å². The first-order valence-electron chi connectivity index (χ1n) is 9.64. The second-order valence-corrected chi connectivity index (χ2v) is 6.91. The smallest absolute Gasteiger partial charge is 0.335 e. The number of carboxylic acid groups (broad SMARTS) is 1. The van der Waals surface area contributed by atoms with E-state index in [9.17, 15) is 14.7 Å². The molecule has 0 bridgehead atoms. The molecular weight excluding hydrogens is 344 g/mol. The third kappa shape index (κ3) is 5.15. The number of aromatic carboxylic acids is 1. The van der Waals surface area contributed by atoms with Gasteiger partial charge in [-0.25, -0.2) is 4.79 Å². The predicted octanol–water partition coefficient (Wildman–Crippen LogP) is 2.38. The van der Waals surface area contributed by atoms with Gasteiger partial charge in [0.1, 0.15) is 11.6 Å². The summed E-state index contributed by atoms with van der Waals surface area (Å²) in [6.45, 7) is 1.58. The average molecular weight is 370 g/mol. The van der Waals surface area contributed by atoms with Crippen LogP contribution < -0.4 is 5.32 Å². The number of carbonyl (C=O) groups excluding carboxylic acids is 1. The third-order valence-electron chi connectivity index (χ3n) is 4.95. The van der Waals surface area contributed by atoms with E-state index in [1.165, 1.54) is 19.3 Å². The van der Waals surface area contributed by atoms with Gasteiger partial charge in [0.05, 0.1) is 5.56 Å². The molecule has 0 unspecified atom stereocenters. The molecule has 0 fully saturated rings. The van der Waals surface area contributed by atoms with Crippen molar-refractivity contribution in [2.45, 2.75) is 57.9 Å². The standard InChI is InChI=1S/C20H26N4O3/c25-19(12-11-15-7-3-4-8-16(15)20(26)27)21-13-6-10-18-23-22-17-9-2-1-5-14-24(17)18/h3-4,7-8H,1-2,5-6,9-14H2,(H,21,25)(H,26,27). The topological polar surface area (TPSA) is 97.1 Å². The van der Waals surface area contributed by atoms with E-state index in [4.69, 9.17) is 0 Å². The zero-order valence-electron chi connectivity index (χ0n) is 15.5. The van der Waals surface area contributed by atoms with Gasteiger partial charge in [0.15, 0.2) is 0 Å². The Bertz CT molecular complexity index is 800. The molecule has 1 aliphatic heterocycles. The first-order chi connectivity index (χ1) is 13.1. The molecule has 2 N–H and O–H groups in total. The van der Waals surface area contributed by atoms with Crippen LogP contribution in [0.15, 0.2) is 24.3 Å². The van der Waals surface area contributed by atoms with Gasteiger partial charge in [-0.05, 0) is 37.3 Å². The van der Waals surface area contributed by atoms with Gasteiger partial charge in [0.25, 0.3) is 0 Å². The monoisotopic (exact) mass is 370 g/mol. The molecule has 1 aliphatic rings. The van der Waals surface area contributed by atoms with Crippen molar-refractivity contribution in [3.63, 3.8) is 0 Å². The number of fused-ring (bicyclic) bond motifs is 1. The Labute approximate surface area is 158 Å². The number of aryl methyl sites for hydroxylation is 3. The highest BCUT2D eigenvalue weighted by atomic mass is 16.4. The molecule has 0 saturated heterocycles. The maximum Gasteiger partial charge on any atom is 0.335 e. The van der Waals surface area contributed by atoms with Crippen LogP contribution in [0.3, 0.4) is 0 Å². The van der Waals surface area contributed by atoms with E-state index in [0.717, 1.165) is 37.5 Å². The van der Waals surface area contributed by atoms with Gasteiger partial charge >= 0.3 is 5.97 Å². The van der Waals surface area contributed by atoms with Crippen molar-refractivity contribution >= 4 is 11.9 Å². The van der Waals surface area contributed by atoms with Crippen molar-refractivity contribution in [2.75, 3.05) is 6.54 Å². The molecule has 0 atom stereocenters. The summed E-state index contributed by atoms with van der Waals surface area (Å²) in [7, 11) is 0. The van der Waals surface area contributed by atoms with E-state index in [-0.39, 0.29) is 17.9 Å². The van der Waals surface area contributed by atoms with Crippen LogP contribution in [0.4, 0.5) is 0 Å². The van der Waals surface area contributed by atoms with Crippen LogP contribution in [-0.4, -0.2) is 38.3 Å². The molecule has 1 aromatic carbocycles. The minimum Gasteiger partial charge on any atom is -0.478 e. The van der Waals surface area contributed by atoms with E-state index in [0.29, 0.717) is 18.5 Å². The predicted molar refractivity (Wildman–Crippen MR) is 101 cm³/mol. The van der Waals surface area contributed by atoms with Crippen LogP contribution >= 0.6 is 0 Å². The number of aromatic nitrogens is 3. The molecule has 144 valence electrons. The van der Waals surface area contributed by atoms with Crippen molar-refractivity contribution < 1.29 is 14.7 Å². The molecule has 0 aliphatic carbocycles. The quantitative estimate of drug-likeness (QED) is 0.696. The Morgan fingerprint density at radius 3 is 2.81 bits per heavy atom. The van der Waals surface area contributed by atoms with Crippen molar-refractivity contribution in [3.05, 3.63) is 47.0 Å². The van der Waals surface area contributed by atoms with E-state index < -0.39 is 5.97 Å². The number of nitrogens with zero attached hydrogens (tertiary/aromatic N) is 3. The van der Waals surface area contributed by atoms with E-state index >= 15 is 0 Å². The van der Waals surface area contributed by atoms with Crippen LogP contribution in [0.2, 0.25) is 0 Å². The summed E-state index contributed by atoms with van der Waals surface area (Å²) < 4.78 is 2.23. The number of carbonyl (C=O) groups is 2. The molecule has 7 heteroatoms. The molecule has 1 amide bonds. The fourth-order valence-electron chi connectivity index (χ4n) is 3.49. The number of benzene rings is 1. The number of rotatable bonds is 8. The average Bonchev–Trinajstić information content (AvgIpc) is 2.89. The summed E-state index contributed by atoms with van der Waals surface area (Å²) in [6, 6.07) is 6.81. The lowest BCUT2D eigenvalue weighted by Gasteiger charge is -2.08. The summed E-state index contributed by atoms with van der Waals surface area (Å²) in [6.07, 6.45) is 6.92. The maximum absolute atomic E-state index is 12.0. The minimum absolute atomic E-state index is 0.0599. The fraction of sp³-hybridized carbons (Fsp3) is 0.500. The zero-order chi connectivity index (χ0) is 19.1. The lowest BCUT2D eigenvalue weighted by molar-refractivity contribution is -0.121. The van der Waals surface area contributed by atoms with E-state index in [1.54, 1.807) is 24.3 Å². The fourth-order valence-corrected chi connectivity index (χ4v) is 3.49. The third-order valence-corrected chi connectivity index (χ3v) is 4.95. The van der Waals surface area contributed by atoms with Crippen LogP contribution in [0.5, 0.6) is 0 Å². The molecule has 1 aromatic heterocycles. The number of hydrogen-bond acceptors (Lipinski definition) is 4. The first-order valence-corrected chi connectivity index (χ1v) is 9.64. The first kappa shape index (κ1) is 19.1. The summed E-state index contributed by atoms with van der Waals surface area (Å²) in [5.74, 6) is 1.08. The zero-order valence-corrected chi connectivity index (χ0v) is 15.5. The van der Waals surface area contributed by atoms with Crippen LogP contribution in [-0.2, 0) is 30.6 Å². The summed E-state index contributed by atoms with van der Waals surface area (Å²) >= 11 is 0. The summed E-state index contributed by atoms with van der Waals surface area (Å²) in [5, 5.41) is 20.7. The largest absolute Gasteiger partial charge is 0.478 e. The number of carboxylic acids is 1. The van der Waals surface area contributed by atoms with Gasteiger partial charge in [0, 0.05) is 32.4 Å². The second-order valence-electron chi connectivity index (χ2n) is 6.91. The Balaban J connectivity index is 1.40. The highest BCUT2D eigenvalue weighted by molar-refractivity contribution is 5.89. The second kappa shape index (κ2) is 9.30. The van der Waals surface area contributed by atoms with Gasteiger partial charge in [-0.2, -0.15) is 0 Å². The summed E-state index contributed by atoms with van der Waals surface area (Å²) in [4.78, 5) is 23.2. The Kier molecular flexibility index (Phi) is 6.57. The van der Waals surface area contributed by atoms with E-state index in [1.807, 2.05) is 0 Å². The van der Waals surface area contributed by atoms with Crippen molar-refractivity contribution in [2.24, 2.45) is 0 Å². The van der Waals surface area contributed by atoms with Gasteiger partial charge < -0.3 is 15.0 Å². The SMILES string of the molecule is O=C(CCc1ccccc1C(=O)O)NCCCc1nnc2n1CCCCC2. The molecule has 7 nitrogen and oxygen atoms in total. The van der Waals surface area contributed by atoms with Crippen molar-refractivity contribution in [3.8, 4) is 0 Å². The highest BCUT2D eigenvalue weighted by Gasteiger charge is 2.14. The lowest BCUT2D eigenvalue weighted by Crippen LogP contribution is -2.25. The highest BCUT2D eigenvalue weighted by Crippen LogP contribution is 2.15. The lowest BCUT2D eigenvalue weighted by atomic mass is 10.0. The van der Waals surface area contributed by atoms with Crippen molar-refractivity contribution in [1.29, 1.82) is 0 Å².